The SMILES string of the molecule is CN=C(NCCc1c[nH]c2ccc(F)cc12)NCc1ccc(S(=O)(=O)N(C)C)s1.I. The molecular weight excluding hydrogens is 540 g/mol. The molecule has 7 nitrogen and oxygen atoms in total. The highest BCUT2D eigenvalue weighted by atomic mass is 127. The molecule has 0 amide bonds. The summed E-state index contributed by atoms with van der Waals surface area (Å²) in [4.78, 5) is 8.22. The van der Waals surface area contributed by atoms with E-state index in [0.29, 0.717) is 29.7 Å². The van der Waals surface area contributed by atoms with Crippen LogP contribution in [-0.2, 0) is 23.0 Å². The maximum Gasteiger partial charge on any atom is 0.252 e. The van der Waals surface area contributed by atoms with Crippen molar-refractivity contribution in [3.05, 3.63) is 52.8 Å². The summed E-state index contributed by atoms with van der Waals surface area (Å²) >= 11 is 1.23. The summed E-state index contributed by atoms with van der Waals surface area (Å²) in [5.74, 6) is 0.358. The highest BCUT2D eigenvalue weighted by Crippen LogP contribution is 2.23. The van der Waals surface area contributed by atoms with E-state index in [1.165, 1.54) is 41.9 Å². The van der Waals surface area contributed by atoms with Crippen molar-refractivity contribution in [2.45, 2.75) is 17.2 Å². The van der Waals surface area contributed by atoms with Gasteiger partial charge in [-0.25, -0.2) is 17.1 Å². The van der Waals surface area contributed by atoms with Gasteiger partial charge in [0.1, 0.15) is 10.0 Å². The number of fused-ring (bicyclic) bond motifs is 1. The number of hydrogen-bond donors (Lipinski definition) is 3. The quantitative estimate of drug-likeness (QED) is 0.233. The van der Waals surface area contributed by atoms with Crippen LogP contribution in [0.2, 0.25) is 0 Å². The first-order valence-corrected chi connectivity index (χ1v) is 11.3. The molecular formula is C19H25FIN5O2S2. The van der Waals surface area contributed by atoms with E-state index in [1.807, 2.05) is 6.20 Å². The Morgan fingerprint density at radius 3 is 2.70 bits per heavy atom. The zero-order valence-electron chi connectivity index (χ0n) is 16.9. The van der Waals surface area contributed by atoms with Gasteiger partial charge in [0.05, 0.1) is 6.54 Å². The Labute approximate surface area is 196 Å². The average Bonchev–Trinajstić information content (AvgIpc) is 3.32. The number of aromatic nitrogens is 1. The molecule has 0 aliphatic carbocycles. The molecule has 0 atom stereocenters. The minimum atomic E-state index is -3.41. The summed E-state index contributed by atoms with van der Waals surface area (Å²) in [5, 5.41) is 7.28. The molecule has 3 N–H and O–H groups in total. The molecule has 0 unspecified atom stereocenters. The summed E-state index contributed by atoms with van der Waals surface area (Å²) in [6.07, 6.45) is 2.59. The molecule has 30 heavy (non-hydrogen) atoms. The van der Waals surface area contributed by atoms with Gasteiger partial charge in [-0.15, -0.1) is 35.3 Å². The van der Waals surface area contributed by atoms with Crippen molar-refractivity contribution >= 4 is 62.2 Å². The van der Waals surface area contributed by atoms with Gasteiger partial charge in [-0.05, 0) is 42.3 Å². The molecule has 0 radical (unpaired) electrons. The molecule has 2 aromatic heterocycles. The molecule has 3 rings (SSSR count). The fourth-order valence-corrected chi connectivity index (χ4v) is 5.30. The fourth-order valence-electron chi connectivity index (χ4n) is 2.84. The van der Waals surface area contributed by atoms with Crippen LogP contribution in [0.3, 0.4) is 0 Å². The first-order valence-electron chi connectivity index (χ1n) is 9.02. The third kappa shape index (κ3) is 5.71. The lowest BCUT2D eigenvalue weighted by molar-refractivity contribution is 0.523. The molecule has 0 saturated carbocycles. The number of thiophene rings is 1. The minimum absolute atomic E-state index is 0. The lowest BCUT2D eigenvalue weighted by Gasteiger charge is -2.11. The molecule has 11 heteroatoms. The lowest BCUT2D eigenvalue weighted by atomic mass is 10.1. The van der Waals surface area contributed by atoms with Crippen molar-refractivity contribution in [2.24, 2.45) is 4.99 Å². The van der Waals surface area contributed by atoms with Crippen LogP contribution in [0.25, 0.3) is 10.9 Å². The van der Waals surface area contributed by atoms with Crippen molar-refractivity contribution < 1.29 is 12.8 Å². The molecule has 2 heterocycles. The predicted octanol–water partition coefficient (Wildman–Crippen LogP) is 3.14. The Hall–Kier alpha value is -1.70. The molecule has 0 aliphatic rings. The second kappa shape index (κ2) is 10.6. The molecule has 3 aromatic rings. The Morgan fingerprint density at radius 2 is 2.00 bits per heavy atom. The van der Waals surface area contributed by atoms with E-state index in [4.69, 9.17) is 0 Å². The average molecular weight is 565 g/mol. The number of rotatable bonds is 7. The standard InChI is InChI=1S/C19H24FN5O2S2.HI/c1-21-19(24-12-15-5-7-18(28-15)29(26,27)25(2)3)22-9-8-13-11-23-17-6-4-14(20)10-16(13)17;/h4-7,10-11,23H,8-9,12H2,1-3H3,(H2,21,22,24);1H. The molecule has 0 aliphatic heterocycles. The van der Waals surface area contributed by atoms with Crippen LogP contribution in [0.15, 0.2) is 45.7 Å². The fraction of sp³-hybridized carbons (Fsp3) is 0.316. The van der Waals surface area contributed by atoms with E-state index in [1.54, 1.807) is 25.2 Å². The maximum atomic E-state index is 13.5. The number of hydrogen-bond acceptors (Lipinski definition) is 4. The summed E-state index contributed by atoms with van der Waals surface area (Å²) in [6.45, 7) is 1.08. The first kappa shape index (κ1) is 24.6. The first-order chi connectivity index (χ1) is 13.8. The number of aliphatic imine (C=N–C) groups is 1. The van der Waals surface area contributed by atoms with Gasteiger partial charge in [0.2, 0.25) is 0 Å². The highest BCUT2D eigenvalue weighted by Gasteiger charge is 2.19. The topological polar surface area (TPSA) is 89.6 Å². The Kier molecular flexibility index (Phi) is 8.64. The van der Waals surface area contributed by atoms with Gasteiger partial charge in [0, 0.05) is 49.7 Å². The van der Waals surface area contributed by atoms with E-state index in [0.717, 1.165) is 21.3 Å². The van der Waals surface area contributed by atoms with Crippen LogP contribution in [0.5, 0.6) is 0 Å². The van der Waals surface area contributed by atoms with Gasteiger partial charge in [-0.1, -0.05) is 0 Å². The lowest BCUT2D eigenvalue weighted by Crippen LogP contribution is -2.37. The van der Waals surface area contributed by atoms with Crippen molar-refractivity contribution in [3.8, 4) is 0 Å². The van der Waals surface area contributed by atoms with Gasteiger partial charge < -0.3 is 15.6 Å². The summed E-state index contributed by atoms with van der Waals surface area (Å²) < 4.78 is 39.3. The zero-order chi connectivity index (χ0) is 21.0. The maximum absolute atomic E-state index is 13.5. The van der Waals surface area contributed by atoms with Gasteiger partial charge in [0.15, 0.2) is 5.96 Å². The number of H-pyrrole nitrogens is 1. The van der Waals surface area contributed by atoms with Crippen LogP contribution in [0, 0.1) is 5.82 Å². The second-order valence-corrected chi connectivity index (χ2v) is 10.2. The number of halogens is 2. The minimum Gasteiger partial charge on any atom is -0.361 e. The third-order valence-corrected chi connectivity index (χ3v) is 7.81. The van der Waals surface area contributed by atoms with Crippen LogP contribution in [-0.4, -0.2) is 51.4 Å². The number of sulfonamides is 1. The highest BCUT2D eigenvalue weighted by molar-refractivity contribution is 14.0. The Bertz CT molecular complexity index is 1130. The molecule has 164 valence electrons. The van der Waals surface area contributed by atoms with Gasteiger partial charge >= 0.3 is 0 Å². The summed E-state index contributed by atoms with van der Waals surface area (Å²) in [5.41, 5.74) is 1.93. The van der Waals surface area contributed by atoms with Crippen LogP contribution < -0.4 is 10.6 Å². The monoisotopic (exact) mass is 565 g/mol. The largest absolute Gasteiger partial charge is 0.361 e. The Morgan fingerprint density at radius 1 is 1.23 bits per heavy atom. The predicted molar refractivity (Wildman–Crippen MR) is 131 cm³/mol. The second-order valence-electron chi connectivity index (χ2n) is 6.61. The number of aromatic amines is 1. The molecule has 0 bridgehead atoms. The number of nitrogens with one attached hydrogen (secondary N) is 3. The third-order valence-electron chi connectivity index (χ3n) is 4.44. The van der Waals surface area contributed by atoms with Crippen molar-refractivity contribution in [3.63, 3.8) is 0 Å². The number of guanidine groups is 1. The van der Waals surface area contributed by atoms with Gasteiger partial charge in [0.25, 0.3) is 10.0 Å². The van der Waals surface area contributed by atoms with E-state index in [-0.39, 0.29) is 29.8 Å². The van der Waals surface area contributed by atoms with Crippen LogP contribution >= 0.6 is 35.3 Å². The number of nitrogens with zero attached hydrogens (tertiary/aromatic N) is 2. The Balaban J connectivity index is 0.00000320. The molecule has 1 aromatic carbocycles. The van der Waals surface area contributed by atoms with Gasteiger partial charge in [-0.3, -0.25) is 4.99 Å². The summed E-state index contributed by atoms with van der Waals surface area (Å²) in [7, 11) is 1.29. The van der Waals surface area contributed by atoms with Crippen LogP contribution in [0.4, 0.5) is 4.39 Å². The van der Waals surface area contributed by atoms with Crippen molar-refractivity contribution in [2.75, 3.05) is 27.7 Å². The van der Waals surface area contributed by atoms with E-state index < -0.39 is 10.0 Å². The number of benzene rings is 1. The van der Waals surface area contributed by atoms with E-state index in [9.17, 15) is 12.8 Å². The molecule has 0 spiro atoms. The van der Waals surface area contributed by atoms with Crippen molar-refractivity contribution in [1.29, 1.82) is 0 Å². The van der Waals surface area contributed by atoms with Crippen molar-refractivity contribution in [1.82, 2.24) is 19.9 Å². The van der Waals surface area contributed by atoms with E-state index in [2.05, 4.69) is 20.6 Å². The molecule has 0 saturated heterocycles. The summed E-state index contributed by atoms with van der Waals surface area (Å²) in [6, 6.07) is 8.11. The normalized spacial score (nSPS) is 12.2. The smallest absolute Gasteiger partial charge is 0.252 e. The molecule has 0 fully saturated rings. The zero-order valence-corrected chi connectivity index (χ0v) is 20.9. The van der Waals surface area contributed by atoms with E-state index >= 15 is 0 Å². The van der Waals surface area contributed by atoms with Gasteiger partial charge in [-0.2, -0.15) is 0 Å². The van der Waals surface area contributed by atoms with Crippen LogP contribution in [0.1, 0.15) is 10.4 Å².